The Bertz CT molecular complexity index is 11.6. The molecule has 0 fully saturated rings. The molecule has 2 radical (unpaired) electrons. The van der Waals surface area contributed by atoms with Crippen molar-refractivity contribution in [3.05, 3.63) is 0 Å². The maximum atomic E-state index is 0. The first-order valence-corrected chi connectivity index (χ1v) is 0. The minimum atomic E-state index is 0. The average molecular weight is 451 g/mol. The van der Waals surface area contributed by atoms with Crippen LogP contribution in [-0.2, 0) is 17.1 Å². The van der Waals surface area contributed by atoms with Crippen molar-refractivity contribution >= 4 is 37.2 Å². The standard InChI is InChI=1S/Al.Cu.Ga.Nd.Pr.6H. The van der Waals surface area contributed by atoms with Crippen LogP contribution in [0.5, 0.6) is 0 Å². The zero-order chi connectivity index (χ0) is 0. The van der Waals surface area contributed by atoms with E-state index < -0.39 is 0 Å². The topological polar surface area (TPSA) is 0 Å². The molecule has 0 aliphatic carbocycles. The van der Waals surface area contributed by atoms with Gasteiger partial charge in [0.15, 0.2) is 17.4 Å². The van der Waals surface area contributed by atoms with Gasteiger partial charge < -0.3 is 0 Å². The third-order valence-corrected chi connectivity index (χ3v) is 0. The van der Waals surface area contributed by atoms with Crippen molar-refractivity contribution in [2.45, 2.75) is 0 Å². The van der Waals surface area contributed by atoms with Crippen molar-refractivity contribution in [2.24, 2.45) is 0 Å². The third kappa shape index (κ3) is 17.8. The van der Waals surface area contributed by atoms with Crippen LogP contribution >= 0.6 is 0 Å². The minimum Gasteiger partial charge on any atom is 0 e. The maximum Gasteiger partial charge on any atom is 0 e. The second-order valence-electron chi connectivity index (χ2n) is 0. The van der Waals surface area contributed by atoms with Crippen LogP contribution in [0.2, 0.25) is 0 Å². The summed E-state index contributed by atoms with van der Waals surface area (Å²) in [5, 5.41) is 0. The van der Waals surface area contributed by atoms with E-state index in [4.69, 9.17) is 0 Å². The summed E-state index contributed by atoms with van der Waals surface area (Å²) in [6.07, 6.45) is 0. The first-order valence-electron chi connectivity index (χ1n) is 0. The number of hydrogen-bond donors (Lipinski definition) is 0. The van der Waals surface area contributed by atoms with Crippen LogP contribution in [-0.4, -0.2) is 37.2 Å². The van der Waals surface area contributed by atoms with E-state index in [1.165, 1.54) is 0 Å². The summed E-state index contributed by atoms with van der Waals surface area (Å²) >= 11 is 0. The second kappa shape index (κ2) is 23.8. The Labute approximate surface area is 133 Å². The maximum absolute atomic E-state index is 0. The summed E-state index contributed by atoms with van der Waals surface area (Å²) in [6, 6.07) is 0. The molecular weight excluding hydrogens is 445 g/mol. The van der Waals surface area contributed by atoms with Crippen molar-refractivity contribution < 1.29 is 99.2 Å². The summed E-state index contributed by atoms with van der Waals surface area (Å²) in [4.78, 5) is 0. The first kappa shape index (κ1) is 34.2. The van der Waals surface area contributed by atoms with Crippen LogP contribution in [0.1, 0.15) is 0 Å². The molecule has 0 aromatic rings. The van der Waals surface area contributed by atoms with Crippen LogP contribution in [0.3, 0.4) is 0 Å². The van der Waals surface area contributed by atoms with Gasteiger partial charge in [0.1, 0.15) is 0 Å². The van der Waals surface area contributed by atoms with E-state index in [0.717, 1.165) is 0 Å². The fraction of sp³-hybridized carbons (Fsp3) is 0. The van der Waals surface area contributed by atoms with Gasteiger partial charge in [0.2, 0.25) is 0 Å². The van der Waals surface area contributed by atoms with Gasteiger partial charge in [-0.3, -0.25) is 0 Å². The van der Waals surface area contributed by atoms with Gasteiger partial charge in [0.05, 0.1) is 0 Å². The Kier molecular flexibility index (Phi) is 163. The van der Waals surface area contributed by atoms with E-state index in [-0.39, 0.29) is 136 Å². The van der Waals surface area contributed by atoms with E-state index in [1.807, 2.05) is 0 Å². The van der Waals surface area contributed by atoms with Crippen LogP contribution in [0.4, 0.5) is 0 Å². The molecule has 0 saturated heterocycles. The van der Waals surface area contributed by atoms with E-state index in [1.54, 1.807) is 0 Å². The van der Waals surface area contributed by atoms with Gasteiger partial charge >= 0.3 is 19.8 Å². The van der Waals surface area contributed by atoms with E-state index in [9.17, 15) is 0 Å². The molecule has 0 unspecified atom stereocenters. The quantitative estimate of drug-likeness (QED) is 0.362. The van der Waals surface area contributed by atoms with Crippen molar-refractivity contribution in [1.29, 1.82) is 0 Å². The predicted molar refractivity (Wildman–Crippen MR) is 19.9 cm³/mol. The first-order chi connectivity index (χ1) is 0. The fourth-order valence-electron chi connectivity index (χ4n) is 0. The molecule has 30 valence electrons. The van der Waals surface area contributed by atoms with E-state index in [0.29, 0.717) is 0 Å². The molecule has 5 heteroatoms. The van der Waals surface area contributed by atoms with E-state index in [2.05, 4.69) is 0 Å². The molecule has 0 spiro atoms. The Morgan fingerprint density at radius 3 is 1.00 bits per heavy atom. The number of hydrogen-bond acceptors (Lipinski definition) is 0. The van der Waals surface area contributed by atoms with E-state index >= 15 is 0 Å². The van der Waals surface area contributed by atoms with Crippen LogP contribution in [0, 0.1) is 82.1 Å². The monoisotopic (exact) mass is 448 g/mol. The Morgan fingerprint density at radius 2 is 1.00 bits per heavy atom. The van der Waals surface area contributed by atoms with Crippen LogP contribution < -0.4 is 0 Å². The molecular formula is H6AlCuGaNdPr. The SMILES string of the molecule is [AlH3].[Cu].[GaH3].[Nd].[Pr]. The molecule has 0 rings (SSSR count). The fourth-order valence-corrected chi connectivity index (χ4v) is 0. The molecule has 0 amide bonds. The summed E-state index contributed by atoms with van der Waals surface area (Å²) in [7, 11) is 0. The molecule has 5 heavy (non-hydrogen) atoms. The smallest absolute Gasteiger partial charge is 0 e. The van der Waals surface area contributed by atoms with Crippen LogP contribution in [0.15, 0.2) is 0 Å². The van der Waals surface area contributed by atoms with Crippen LogP contribution in [0.25, 0.3) is 0 Å². The van der Waals surface area contributed by atoms with Gasteiger partial charge in [0.25, 0.3) is 0 Å². The Hall–Kier alpha value is 4.40. The molecule has 0 heterocycles. The molecule has 0 saturated carbocycles. The molecule has 0 aromatic heterocycles. The molecule has 0 aliphatic heterocycles. The van der Waals surface area contributed by atoms with Crippen molar-refractivity contribution in [2.75, 3.05) is 0 Å². The third-order valence-electron chi connectivity index (χ3n) is 0. The van der Waals surface area contributed by atoms with Gasteiger partial charge in [-0.05, 0) is 0 Å². The largest absolute Gasteiger partial charge is 0 e. The zero-order valence-corrected chi connectivity index (χ0v) is 9.23. The molecule has 0 aliphatic rings. The molecule has 0 bridgehead atoms. The van der Waals surface area contributed by atoms with Crippen molar-refractivity contribution in [3.8, 4) is 0 Å². The van der Waals surface area contributed by atoms with Gasteiger partial charge in [0, 0.05) is 99.2 Å². The molecule has 0 nitrogen and oxygen atoms in total. The Balaban J connectivity index is 0. The molecule has 0 atom stereocenters. The summed E-state index contributed by atoms with van der Waals surface area (Å²) in [6.45, 7) is 0. The minimum absolute atomic E-state index is 0. The van der Waals surface area contributed by atoms with Gasteiger partial charge in [-0.2, -0.15) is 0 Å². The summed E-state index contributed by atoms with van der Waals surface area (Å²) in [5.74, 6) is 0. The molecule has 0 N–H and O–H groups in total. The molecule has 0 aromatic carbocycles. The Morgan fingerprint density at radius 1 is 1.00 bits per heavy atom. The van der Waals surface area contributed by atoms with Gasteiger partial charge in [-0.1, -0.05) is 0 Å². The number of rotatable bonds is 0. The summed E-state index contributed by atoms with van der Waals surface area (Å²) in [5.41, 5.74) is 0. The van der Waals surface area contributed by atoms with Crippen molar-refractivity contribution in [1.82, 2.24) is 0 Å². The van der Waals surface area contributed by atoms with Gasteiger partial charge in [-0.25, -0.2) is 0 Å². The second-order valence-corrected chi connectivity index (χ2v) is 0. The summed E-state index contributed by atoms with van der Waals surface area (Å²) < 4.78 is 0. The predicted octanol–water partition coefficient (Wildman–Crippen LogP) is -2.37. The zero-order valence-electron chi connectivity index (χ0n) is 1.38. The van der Waals surface area contributed by atoms with Crippen molar-refractivity contribution in [3.63, 3.8) is 0 Å². The normalized spacial score (nSPS) is 0. The van der Waals surface area contributed by atoms with Gasteiger partial charge in [-0.15, -0.1) is 0 Å². The average Bonchev–Trinajstić information content (AvgIpc) is 0.